The minimum atomic E-state index is 0.135. The minimum absolute atomic E-state index is 0.135. The normalized spacial score (nSPS) is 12.2. The zero-order chi connectivity index (χ0) is 11.8. The van der Waals surface area contributed by atoms with Crippen molar-refractivity contribution < 1.29 is 0 Å². The van der Waals surface area contributed by atoms with E-state index < -0.39 is 0 Å². The summed E-state index contributed by atoms with van der Waals surface area (Å²) >= 11 is 1.75. The number of aromatic nitrogens is 2. The maximum atomic E-state index is 4.73. The first-order chi connectivity index (χ1) is 7.58. The topological polar surface area (TPSA) is 25.8 Å². The predicted octanol–water partition coefficient (Wildman–Crippen LogP) is 3.94. The molecular weight excluding hydrogens is 216 g/mol. The highest BCUT2D eigenvalue weighted by Gasteiger charge is 2.24. The van der Waals surface area contributed by atoms with Crippen LogP contribution in [0.5, 0.6) is 0 Å². The van der Waals surface area contributed by atoms with E-state index in [1.807, 2.05) is 0 Å². The molecular formula is C13H18N2S. The number of hydrogen-bond donors (Lipinski definition) is 0. The zero-order valence-electron chi connectivity index (χ0n) is 10.4. The Kier molecular flexibility index (Phi) is 2.98. The van der Waals surface area contributed by atoms with E-state index in [-0.39, 0.29) is 5.41 Å². The monoisotopic (exact) mass is 234 g/mol. The molecule has 2 aromatic rings. The van der Waals surface area contributed by atoms with Crippen LogP contribution in [0.3, 0.4) is 0 Å². The van der Waals surface area contributed by atoms with E-state index in [1.54, 1.807) is 11.3 Å². The Morgan fingerprint density at radius 2 is 2.00 bits per heavy atom. The highest BCUT2D eigenvalue weighted by atomic mass is 32.1. The average molecular weight is 234 g/mol. The molecule has 2 aromatic heterocycles. The van der Waals surface area contributed by atoms with Crippen molar-refractivity contribution in [2.75, 3.05) is 0 Å². The lowest BCUT2D eigenvalue weighted by molar-refractivity contribution is 0.493. The van der Waals surface area contributed by atoms with E-state index >= 15 is 0 Å². The van der Waals surface area contributed by atoms with Crippen LogP contribution in [0.25, 0.3) is 10.2 Å². The number of fused-ring (bicyclic) bond motifs is 1. The van der Waals surface area contributed by atoms with E-state index in [0.717, 1.165) is 24.2 Å². The fourth-order valence-corrected chi connectivity index (χ4v) is 2.70. The van der Waals surface area contributed by atoms with Gasteiger partial charge in [0.1, 0.15) is 5.82 Å². The summed E-state index contributed by atoms with van der Waals surface area (Å²) in [6.45, 7) is 8.84. The van der Waals surface area contributed by atoms with Gasteiger partial charge < -0.3 is 0 Å². The van der Waals surface area contributed by atoms with E-state index in [4.69, 9.17) is 4.98 Å². The van der Waals surface area contributed by atoms with Crippen molar-refractivity contribution in [3.8, 4) is 0 Å². The maximum absolute atomic E-state index is 4.73. The van der Waals surface area contributed by atoms with Gasteiger partial charge in [0.2, 0.25) is 0 Å². The molecule has 0 atom stereocenters. The van der Waals surface area contributed by atoms with Gasteiger partial charge in [-0.25, -0.2) is 9.97 Å². The Bertz CT molecular complexity index is 500. The molecule has 0 unspecified atom stereocenters. The van der Waals surface area contributed by atoms with Crippen LogP contribution in [0.2, 0.25) is 0 Å². The van der Waals surface area contributed by atoms with Crippen LogP contribution < -0.4 is 0 Å². The third-order valence-corrected chi connectivity index (χ3v) is 4.10. The molecule has 0 N–H and O–H groups in total. The Morgan fingerprint density at radius 3 is 2.62 bits per heavy atom. The zero-order valence-corrected chi connectivity index (χ0v) is 11.2. The summed E-state index contributed by atoms with van der Waals surface area (Å²) in [6.07, 6.45) is 2.00. The van der Waals surface area contributed by atoms with Crippen LogP contribution in [0, 0.1) is 0 Å². The first-order valence-electron chi connectivity index (χ1n) is 5.83. The van der Waals surface area contributed by atoms with Crippen molar-refractivity contribution in [1.82, 2.24) is 9.97 Å². The van der Waals surface area contributed by atoms with Crippen molar-refractivity contribution in [2.45, 2.75) is 46.0 Å². The second-order valence-corrected chi connectivity index (χ2v) is 5.63. The molecule has 0 aliphatic heterocycles. The van der Waals surface area contributed by atoms with Gasteiger partial charge in [-0.2, -0.15) is 0 Å². The molecule has 86 valence electrons. The minimum Gasteiger partial charge on any atom is -0.236 e. The predicted molar refractivity (Wildman–Crippen MR) is 70.1 cm³/mol. The molecule has 2 nitrogen and oxygen atoms in total. The van der Waals surface area contributed by atoms with Gasteiger partial charge in [0.15, 0.2) is 0 Å². The van der Waals surface area contributed by atoms with E-state index in [9.17, 15) is 0 Å². The summed E-state index contributed by atoms with van der Waals surface area (Å²) < 4.78 is 1.25. The van der Waals surface area contributed by atoms with Gasteiger partial charge >= 0.3 is 0 Å². The number of nitrogens with zero attached hydrogens (tertiary/aromatic N) is 2. The highest BCUT2D eigenvalue weighted by molar-refractivity contribution is 7.17. The van der Waals surface area contributed by atoms with Gasteiger partial charge in [-0.1, -0.05) is 27.7 Å². The first kappa shape index (κ1) is 11.5. The molecule has 16 heavy (non-hydrogen) atoms. The summed E-state index contributed by atoms with van der Waals surface area (Å²) in [6, 6.07) is 2.09. The number of rotatable bonds is 3. The molecule has 2 rings (SSSR count). The SMILES string of the molecule is CCc1nc(C(C)(C)CC)c2sccc2n1. The molecule has 0 radical (unpaired) electrons. The van der Waals surface area contributed by atoms with E-state index in [2.05, 4.69) is 44.1 Å². The molecule has 0 aromatic carbocycles. The number of thiophene rings is 1. The lowest BCUT2D eigenvalue weighted by Gasteiger charge is -2.23. The molecule has 0 bridgehead atoms. The highest BCUT2D eigenvalue weighted by Crippen LogP contribution is 2.33. The summed E-state index contributed by atoms with van der Waals surface area (Å²) in [4.78, 5) is 9.29. The van der Waals surface area contributed by atoms with Gasteiger partial charge in [-0.05, 0) is 17.9 Å². The van der Waals surface area contributed by atoms with Crippen LogP contribution in [0.15, 0.2) is 11.4 Å². The third-order valence-electron chi connectivity index (χ3n) is 3.19. The van der Waals surface area contributed by atoms with E-state index in [0.29, 0.717) is 0 Å². The van der Waals surface area contributed by atoms with E-state index in [1.165, 1.54) is 10.4 Å². The van der Waals surface area contributed by atoms with Gasteiger partial charge in [0, 0.05) is 11.8 Å². The standard InChI is InChI=1S/C13H18N2S/c1-5-10-14-9-7-8-16-11(9)12(15-10)13(3,4)6-2/h7-8H,5-6H2,1-4H3. The number of hydrogen-bond acceptors (Lipinski definition) is 3. The van der Waals surface area contributed by atoms with Gasteiger partial charge in [-0.15, -0.1) is 11.3 Å². The Labute approximate surface area is 101 Å². The van der Waals surface area contributed by atoms with Crippen LogP contribution >= 0.6 is 11.3 Å². The van der Waals surface area contributed by atoms with Crippen LogP contribution in [0.1, 0.15) is 45.6 Å². The molecule has 0 aliphatic rings. The average Bonchev–Trinajstić information content (AvgIpc) is 2.75. The summed E-state index contributed by atoms with van der Waals surface area (Å²) in [5.41, 5.74) is 2.45. The molecule has 0 saturated heterocycles. The summed E-state index contributed by atoms with van der Waals surface area (Å²) in [5, 5.41) is 2.11. The Hall–Kier alpha value is -0.960. The third kappa shape index (κ3) is 1.84. The fourth-order valence-electron chi connectivity index (χ4n) is 1.70. The van der Waals surface area contributed by atoms with Crippen LogP contribution in [-0.2, 0) is 11.8 Å². The quantitative estimate of drug-likeness (QED) is 0.804. The molecule has 0 spiro atoms. The van der Waals surface area contributed by atoms with Gasteiger partial charge in [0.25, 0.3) is 0 Å². The van der Waals surface area contributed by atoms with Crippen molar-refractivity contribution in [2.24, 2.45) is 0 Å². The smallest absolute Gasteiger partial charge is 0.129 e. The summed E-state index contributed by atoms with van der Waals surface area (Å²) in [5.74, 6) is 0.961. The summed E-state index contributed by atoms with van der Waals surface area (Å²) in [7, 11) is 0. The molecule has 0 fully saturated rings. The van der Waals surface area contributed by atoms with Crippen molar-refractivity contribution in [1.29, 1.82) is 0 Å². The maximum Gasteiger partial charge on any atom is 0.129 e. The fraction of sp³-hybridized carbons (Fsp3) is 0.538. The van der Waals surface area contributed by atoms with Crippen molar-refractivity contribution in [3.05, 3.63) is 23.0 Å². The molecule has 2 heterocycles. The Morgan fingerprint density at radius 1 is 1.25 bits per heavy atom. The Balaban J connectivity index is 2.70. The second kappa shape index (κ2) is 4.13. The molecule has 0 saturated carbocycles. The first-order valence-corrected chi connectivity index (χ1v) is 6.71. The second-order valence-electron chi connectivity index (χ2n) is 4.71. The van der Waals surface area contributed by atoms with Gasteiger partial charge in [-0.3, -0.25) is 0 Å². The number of aryl methyl sites for hydroxylation is 1. The largest absolute Gasteiger partial charge is 0.236 e. The van der Waals surface area contributed by atoms with Crippen LogP contribution in [0.4, 0.5) is 0 Å². The molecule has 0 amide bonds. The molecule has 3 heteroatoms. The van der Waals surface area contributed by atoms with Gasteiger partial charge in [0.05, 0.1) is 15.9 Å². The van der Waals surface area contributed by atoms with Crippen LogP contribution in [-0.4, -0.2) is 9.97 Å². The van der Waals surface area contributed by atoms with Crippen molar-refractivity contribution in [3.63, 3.8) is 0 Å². The lowest BCUT2D eigenvalue weighted by atomic mass is 9.86. The lowest BCUT2D eigenvalue weighted by Crippen LogP contribution is -2.19. The van der Waals surface area contributed by atoms with Crippen molar-refractivity contribution >= 4 is 21.6 Å². The molecule has 0 aliphatic carbocycles.